The molecule has 2 aliphatic rings. The van der Waals surface area contributed by atoms with Crippen LogP contribution in [0.3, 0.4) is 0 Å². The van der Waals surface area contributed by atoms with Crippen LogP contribution in [0.25, 0.3) is 5.70 Å². The predicted octanol–water partition coefficient (Wildman–Crippen LogP) is 4.41. The first-order chi connectivity index (χ1) is 18.7. The van der Waals surface area contributed by atoms with Gasteiger partial charge in [0.2, 0.25) is 0 Å². The van der Waals surface area contributed by atoms with Crippen molar-refractivity contribution in [1.82, 2.24) is 5.32 Å². The normalized spacial score (nSPS) is 14.6. The molecule has 1 fully saturated rings. The molecule has 1 saturated carbocycles. The van der Waals surface area contributed by atoms with E-state index in [-0.39, 0.29) is 24.2 Å². The number of ether oxygens (including phenoxy) is 4. The highest BCUT2D eigenvalue weighted by Gasteiger charge is 2.25. The van der Waals surface area contributed by atoms with E-state index in [0.29, 0.717) is 51.9 Å². The summed E-state index contributed by atoms with van der Waals surface area (Å²) < 4.78 is 21.8. The molecular formula is C30H44N2O7. The average molecular weight is 545 g/mol. The summed E-state index contributed by atoms with van der Waals surface area (Å²) in [6.45, 7) is 12.8. The number of rotatable bonds is 15. The molecule has 9 heteroatoms. The molecule has 2 amide bonds. The number of allylic oxidation sites excluding steroid dienone is 1. The number of hydrogen-bond acceptors (Lipinski definition) is 8. The van der Waals surface area contributed by atoms with Gasteiger partial charge in [0.15, 0.2) is 0 Å². The SMILES string of the molecule is CC.CC(C)(C)OC(=O)CCOCCOCCOCCNC(=C1CCC1)c1ccc(N2C(=O)C=CC2=O)cc1. The Labute approximate surface area is 232 Å². The lowest BCUT2D eigenvalue weighted by atomic mass is 9.88. The second-order valence-electron chi connectivity index (χ2n) is 9.82. The molecule has 1 aromatic rings. The van der Waals surface area contributed by atoms with Gasteiger partial charge in [0, 0.05) is 24.4 Å². The average Bonchev–Trinajstić information content (AvgIpc) is 3.20. The van der Waals surface area contributed by atoms with E-state index in [1.807, 2.05) is 46.8 Å². The van der Waals surface area contributed by atoms with E-state index in [1.165, 1.54) is 29.0 Å². The zero-order chi connectivity index (χ0) is 28.7. The number of carbonyl (C=O) groups excluding carboxylic acids is 3. The highest BCUT2D eigenvalue weighted by Crippen LogP contribution is 2.33. The number of nitrogens with one attached hydrogen (secondary N) is 1. The number of esters is 1. The zero-order valence-corrected chi connectivity index (χ0v) is 24.0. The summed E-state index contributed by atoms with van der Waals surface area (Å²) in [6, 6.07) is 7.47. The maximum absolute atomic E-state index is 11.9. The van der Waals surface area contributed by atoms with E-state index in [0.717, 1.165) is 24.1 Å². The quantitative estimate of drug-likeness (QED) is 0.197. The highest BCUT2D eigenvalue weighted by molar-refractivity contribution is 6.28. The van der Waals surface area contributed by atoms with Gasteiger partial charge in [-0.3, -0.25) is 14.4 Å². The van der Waals surface area contributed by atoms with Crippen molar-refractivity contribution in [3.05, 3.63) is 47.6 Å². The monoisotopic (exact) mass is 544 g/mol. The molecule has 0 unspecified atom stereocenters. The van der Waals surface area contributed by atoms with Crippen LogP contribution in [0.5, 0.6) is 0 Å². The highest BCUT2D eigenvalue weighted by atomic mass is 16.6. The standard InChI is InChI=1S/C28H38N2O7.C2H6/c1-28(2,3)37-26(33)13-15-34-17-19-36-20-18-35-16-14-29-27(21-5-4-6-21)22-7-9-23(10-8-22)30-24(31)11-12-25(30)32;1-2/h7-12,29H,4-6,13-20H2,1-3H3;1-2H3. The lowest BCUT2D eigenvalue weighted by Gasteiger charge is -2.24. The van der Waals surface area contributed by atoms with E-state index in [2.05, 4.69) is 5.32 Å². The molecule has 1 aromatic carbocycles. The molecule has 9 nitrogen and oxygen atoms in total. The first-order valence-electron chi connectivity index (χ1n) is 13.8. The van der Waals surface area contributed by atoms with Gasteiger partial charge in [0.25, 0.3) is 11.8 Å². The Morgan fingerprint density at radius 1 is 0.846 bits per heavy atom. The predicted molar refractivity (Wildman–Crippen MR) is 151 cm³/mol. The van der Waals surface area contributed by atoms with Gasteiger partial charge < -0.3 is 24.3 Å². The molecule has 1 aliphatic carbocycles. The fourth-order valence-electron chi connectivity index (χ4n) is 3.80. The maximum atomic E-state index is 11.9. The van der Waals surface area contributed by atoms with Gasteiger partial charge in [-0.25, -0.2) is 4.90 Å². The summed E-state index contributed by atoms with van der Waals surface area (Å²) in [5, 5.41) is 3.49. The fourth-order valence-corrected chi connectivity index (χ4v) is 3.80. The minimum Gasteiger partial charge on any atom is -0.460 e. The summed E-state index contributed by atoms with van der Waals surface area (Å²) in [6.07, 6.45) is 6.10. The van der Waals surface area contributed by atoms with Gasteiger partial charge in [-0.1, -0.05) is 26.0 Å². The summed E-state index contributed by atoms with van der Waals surface area (Å²) in [4.78, 5) is 36.6. The lowest BCUT2D eigenvalue weighted by Crippen LogP contribution is -2.29. The molecule has 0 aromatic heterocycles. The van der Waals surface area contributed by atoms with Crippen molar-refractivity contribution in [2.75, 3.05) is 51.1 Å². The van der Waals surface area contributed by atoms with Crippen LogP contribution in [0, 0.1) is 0 Å². The lowest BCUT2D eigenvalue weighted by molar-refractivity contribution is -0.156. The molecule has 1 N–H and O–H groups in total. The third-order valence-corrected chi connectivity index (χ3v) is 5.70. The van der Waals surface area contributed by atoms with Crippen LogP contribution in [0.4, 0.5) is 5.69 Å². The number of nitrogens with zero attached hydrogens (tertiary/aromatic N) is 1. The summed E-state index contributed by atoms with van der Waals surface area (Å²) in [5.41, 5.74) is 3.59. The van der Waals surface area contributed by atoms with Crippen LogP contribution in [0.1, 0.15) is 65.9 Å². The number of hydrogen-bond donors (Lipinski definition) is 1. The van der Waals surface area contributed by atoms with Gasteiger partial charge in [-0.15, -0.1) is 0 Å². The van der Waals surface area contributed by atoms with Gasteiger partial charge >= 0.3 is 5.97 Å². The third-order valence-electron chi connectivity index (χ3n) is 5.70. The number of amides is 2. The van der Waals surface area contributed by atoms with Crippen molar-refractivity contribution in [2.24, 2.45) is 0 Å². The Kier molecular flexibility index (Phi) is 13.9. The fraction of sp³-hybridized carbons (Fsp3) is 0.567. The van der Waals surface area contributed by atoms with Crippen LogP contribution in [0.2, 0.25) is 0 Å². The van der Waals surface area contributed by atoms with Crippen molar-refractivity contribution in [2.45, 2.75) is 65.9 Å². The Morgan fingerprint density at radius 3 is 1.90 bits per heavy atom. The summed E-state index contributed by atoms with van der Waals surface area (Å²) >= 11 is 0. The van der Waals surface area contributed by atoms with Crippen LogP contribution in [0.15, 0.2) is 42.0 Å². The van der Waals surface area contributed by atoms with Crippen molar-refractivity contribution < 1.29 is 33.3 Å². The molecule has 1 aliphatic heterocycles. The van der Waals surface area contributed by atoms with Crippen LogP contribution >= 0.6 is 0 Å². The molecule has 0 spiro atoms. The van der Waals surface area contributed by atoms with Crippen molar-refractivity contribution in [1.29, 1.82) is 0 Å². The summed E-state index contributed by atoms with van der Waals surface area (Å²) in [7, 11) is 0. The zero-order valence-electron chi connectivity index (χ0n) is 24.0. The Hall–Kier alpha value is -3.01. The second-order valence-corrected chi connectivity index (χ2v) is 9.82. The molecule has 3 rings (SSSR count). The van der Waals surface area contributed by atoms with Crippen molar-refractivity contribution in [3.8, 4) is 0 Å². The Balaban J connectivity index is 0.00000260. The van der Waals surface area contributed by atoms with Crippen molar-refractivity contribution in [3.63, 3.8) is 0 Å². The van der Waals surface area contributed by atoms with E-state index in [4.69, 9.17) is 18.9 Å². The molecule has 0 bridgehead atoms. The molecule has 0 atom stereocenters. The molecule has 39 heavy (non-hydrogen) atoms. The first-order valence-corrected chi connectivity index (χ1v) is 13.8. The minimum atomic E-state index is -0.479. The molecule has 0 radical (unpaired) electrons. The minimum absolute atomic E-state index is 0.227. The number of carbonyl (C=O) groups is 3. The topological polar surface area (TPSA) is 103 Å². The van der Waals surface area contributed by atoms with Gasteiger partial charge in [0.1, 0.15) is 5.60 Å². The van der Waals surface area contributed by atoms with Gasteiger partial charge in [-0.05, 0) is 63.3 Å². The maximum Gasteiger partial charge on any atom is 0.308 e. The molecule has 216 valence electrons. The number of anilines is 1. The van der Waals surface area contributed by atoms with Crippen LogP contribution in [-0.2, 0) is 33.3 Å². The number of imide groups is 1. The van der Waals surface area contributed by atoms with Gasteiger partial charge in [-0.2, -0.15) is 0 Å². The van der Waals surface area contributed by atoms with E-state index in [1.54, 1.807) is 12.1 Å². The van der Waals surface area contributed by atoms with Gasteiger partial charge in [0.05, 0.1) is 51.7 Å². The Bertz CT molecular complexity index is 970. The summed E-state index contributed by atoms with van der Waals surface area (Å²) in [5.74, 6) is -0.906. The van der Waals surface area contributed by atoms with Crippen LogP contribution in [-0.4, -0.2) is 69.6 Å². The molecule has 1 heterocycles. The van der Waals surface area contributed by atoms with Crippen LogP contribution < -0.4 is 10.2 Å². The largest absolute Gasteiger partial charge is 0.460 e. The van der Waals surface area contributed by atoms with E-state index in [9.17, 15) is 14.4 Å². The third kappa shape index (κ3) is 11.3. The molecule has 0 saturated heterocycles. The second kappa shape index (κ2) is 16.8. The first kappa shape index (κ1) is 32.2. The van der Waals surface area contributed by atoms with E-state index < -0.39 is 5.60 Å². The number of benzene rings is 1. The van der Waals surface area contributed by atoms with Crippen molar-refractivity contribution >= 4 is 29.2 Å². The van der Waals surface area contributed by atoms with E-state index >= 15 is 0 Å². The smallest absolute Gasteiger partial charge is 0.308 e. The molecular weight excluding hydrogens is 500 g/mol. The Morgan fingerprint density at radius 2 is 1.38 bits per heavy atom.